The van der Waals surface area contributed by atoms with Crippen LogP contribution in [0, 0.1) is 10.1 Å². The largest absolute Gasteiger partial charge is 0.497 e. The Labute approximate surface area is 95.8 Å². The van der Waals surface area contributed by atoms with E-state index in [9.17, 15) is 19.7 Å². The van der Waals surface area contributed by atoms with E-state index in [0.717, 1.165) is 6.07 Å². The van der Waals surface area contributed by atoms with Crippen LogP contribution in [0.5, 0.6) is 5.75 Å². The van der Waals surface area contributed by atoms with Gasteiger partial charge in [-0.2, -0.15) is 0 Å². The lowest BCUT2D eigenvalue weighted by molar-refractivity contribution is -0.385. The summed E-state index contributed by atoms with van der Waals surface area (Å²) in [6.45, 7) is 0. The van der Waals surface area contributed by atoms with E-state index in [-0.39, 0.29) is 11.3 Å². The number of ketones is 1. The Morgan fingerprint density at radius 3 is 2.59 bits per heavy atom. The van der Waals surface area contributed by atoms with Crippen molar-refractivity contribution in [3.63, 3.8) is 0 Å². The molecule has 1 N–H and O–H groups in total. The molecule has 0 saturated heterocycles. The minimum Gasteiger partial charge on any atom is -0.497 e. The highest BCUT2D eigenvalue weighted by Crippen LogP contribution is 2.25. The van der Waals surface area contributed by atoms with Crippen LogP contribution in [0.3, 0.4) is 0 Å². The van der Waals surface area contributed by atoms with Crippen molar-refractivity contribution in [1.82, 2.24) is 0 Å². The van der Waals surface area contributed by atoms with Crippen LogP contribution < -0.4 is 4.74 Å². The first-order valence-electron chi connectivity index (χ1n) is 4.53. The summed E-state index contributed by atoms with van der Waals surface area (Å²) >= 11 is 0. The number of Topliss-reactive ketones (excluding diaryl/α,β-unsaturated/α-hetero) is 1. The topological polar surface area (TPSA) is 107 Å². The number of carboxylic acids is 1. The second kappa shape index (κ2) is 5.06. The van der Waals surface area contributed by atoms with Crippen molar-refractivity contribution in [3.05, 3.63) is 33.9 Å². The van der Waals surface area contributed by atoms with Crippen molar-refractivity contribution in [2.75, 3.05) is 7.11 Å². The van der Waals surface area contributed by atoms with Crippen LogP contribution >= 0.6 is 0 Å². The number of ether oxygens (including phenoxy) is 1. The van der Waals surface area contributed by atoms with E-state index in [1.54, 1.807) is 0 Å². The standard InChI is InChI=1S/C10H9NO6/c1-17-6-2-3-7(8(4-6)11(15)16)9(12)5-10(13)14/h2-4H,5H2,1H3,(H,13,14). The molecule has 0 unspecified atom stereocenters. The molecule has 1 aromatic carbocycles. The number of methoxy groups -OCH3 is 1. The van der Waals surface area contributed by atoms with Crippen molar-refractivity contribution in [2.24, 2.45) is 0 Å². The fourth-order valence-electron chi connectivity index (χ4n) is 1.26. The Balaban J connectivity index is 3.19. The molecule has 0 aliphatic heterocycles. The highest BCUT2D eigenvalue weighted by molar-refractivity contribution is 6.07. The van der Waals surface area contributed by atoms with Gasteiger partial charge in [0.05, 0.1) is 23.7 Å². The van der Waals surface area contributed by atoms with E-state index in [4.69, 9.17) is 9.84 Å². The Kier molecular flexibility index (Phi) is 3.76. The van der Waals surface area contributed by atoms with Crippen molar-refractivity contribution < 1.29 is 24.4 Å². The second-order valence-electron chi connectivity index (χ2n) is 3.13. The number of nitro benzene ring substituents is 1. The van der Waals surface area contributed by atoms with Gasteiger partial charge in [0, 0.05) is 0 Å². The predicted molar refractivity (Wildman–Crippen MR) is 56.2 cm³/mol. The van der Waals surface area contributed by atoms with Gasteiger partial charge in [-0.1, -0.05) is 0 Å². The zero-order chi connectivity index (χ0) is 13.0. The molecule has 0 bridgehead atoms. The summed E-state index contributed by atoms with van der Waals surface area (Å²) in [4.78, 5) is 31.8. The van der Waals surface area contributed by atoms with E-state index in [2.05, 4.69) is 0 Å². The maximum Gasteiger partial charge on any atom is 0.311 e. The number of nitro groups is 1. The Morgan fingerprint density at radius 1 is 1.47 bits per heavy atom. The van der Waals surface area contributed by atoms with E-state index >= 15 is 0 Å². The van der Waals surface area contributed by atoms with Gasteiger partial charge in [-0.05, 0) is 12.1 Å². The minimum absolute atomic E-state index is 0.226. The highest BCUT2D eigenvalue weighted by atomic mass is 16.6. The summed E-state index contributed by atoms with van der Waals surface area (Å²) in [5, 5.41) is 19.2. The molecule has 0 fully saturated rings. The summed E-state index contributed by atoms with van der Waals surface area (Å²) in [6.07, 6.45) is -0.785. The number of hydrogen-bond donors (Lipinski definition) is 1. The van der Waals surface area contributed by atoms with Crippen LogP contribution in [-0.2, 0) is 4.79 Å². The van der Waals surface area contributed by atoms with Gasteiger partial charge in [-0.15, -0.1) is 0 Å². The number of carbonyl (C=O) groups is 2. The van der Waals surface area contributed by atoms with Gasteiger partial charge >= 0.3 is 5.97 Å². The molecule has 7 heteroatoms. The molecule has 0 spiro atoms. The van der Waals surface area contributed by atoms with Crippen LogP contribution in [0.1, 0.15) is 16.8 Å². The first kappa shape index (κ1) is 12.6. The molecule has 1 aromatic rings. The first-order valence-corrected chi connectivity index (χ1v) is 4.53. The summed E-state index contributed by atoms with van der Waals surface area (Å²) in [5.74, 6) is -1.92. The molecule has 0 heterocycles. The molecular weight excluding hydrogens is 230 g/mol. The molecule has 0 aliphatic rings. The molecule has 90 valence electrons. The smallest absolute Gasteiger partial charge is 0.311 e. The normalized spacial score (nSPS) is 9.71. The summed E-state index contributed by atoms with van der Waals surface area (Å²) in [6, 6.07) is 3.62. The quantitative estimate of drug-likeness (QED) is 0.358. The first-order chi connectivity index (χ1) is 7.95. The van der Waals surface area contributed by atoms with Gasteiger partial charge < -0.3 is 9.84 Å². The SMILES string of the molecule is COc1ccc(C(=O)CC(=O)O)c([N+](=O)[O-])c1. The monoisotopic (exact) mass is 239 g/mol. The number of carbonyl (C=O) groups excluding carboxylic acids is 1. The van der Waals surface area contributed by atoms with Crippen molar-refractivity contribution in [2.45, 2.75) is 6.42 Å². The van der Waals surface area contributed by atoms with Crippen molar-refractivity contribution in [3.8, 4) is 5.75 Å². The molecule has 0 aromatic heterocycles. The fraction of sp³-hybridized carbons (Fsp3) is 0.200. The van der Waals surface area contributed by atoms with Crippen molar-refractivity contribution >= 4 is 17.4 Å². The van der Waals surface area contributed by atoms with Gasteiger partial charge in [0.2, 0.25) is 0 Å². The third kappa shape index (κ3) is 3.00. The molecule has 0 saturated carbocycles. The van der Waals surface area contributed by atoms with Crippen LogP contribution in [0.2, 0.25) is 0 Å². The molecule has 0 atom stereocenters. The molecule has 0 aliphatic carbocycles. The summed E-state index contributed by atoms with van der Waals surface area (Å²) in [5.41, 5.74) is -0.700. The fourth-order valence-corrected chi connectivity index (χ4v) is 1.26. The average molecular weight is 239 g/mol. The molecule has 0 radical (unpaired) electrons. The van der Waals surface area contributed by atoms with Crippen LogP contribution in [0.25, 0.3) is 0 Å². The third-order valence-corrected chi connectivity index (χ3v) is 2.01. The number of nitrogens with zero attached hydrogens (tertiary/aromatic N) is 1. The maximum absolute atomic E-state index is 11.5. The number of carboxylic acid groups (broad SMARTS) is 1. The molecular formula is C10H9NO6. The Bertz CT molecular complexity index is 482. The molecule has 1 rings (SSSR count). The van der Waals surface area contributed by atoms with E-state index in [0.29, 0.717) is 0 Å². The van der Waals surface area contributed by atoms with E-state index in [1.165, 1.54) is 19.2 Å². The predicted octanol–water partition coefficient (Wildman–Crippen LogP) is 1.26. The van der Waals surface area contributed by atoms with Gasteiger partial charge in [-0.3, -0.25) is 19.7 Å². The van der Waals surface area contributed by atoms with E-state index < -0.39 is 28.8 Å². The zero-order valence-electron chi connectivity index (χ0n) is 8.87. The van der Waals surface area contributed by atoms with Crippen molar-refractivity contribution in [1.29, 1.82) is 0 Å². The summed E-state index contributed by atoms with van der Waals surface area (Å²) in [7, 11) is 1.33. The lowest BCUT2D eigenvalue weighted by atomic mass is 10.1. The molecule has 0 amide bonds. The second-order valence-corrected chi connectivity index (χ2v) is 3.13. The van der Waals surface area contributed by atoms with Crippen LogP contribution in [0.15, 0.2) is 18.2 Å². The number of hydrogen-bond acceptors (Lipinski definition) is 5. The number of aliphatic carboxylic acids is 1. The number of rotatable bonds is 5. The third-order valence-electron chi connectivity index (χ3n) is 2.01. The number of benzene rings is 1. The zero-order valence-corrected chi connectivity index (χ0v) is 8.87. The summed E-state index contributed by atoms with van der Waals surface area (Å²) < 4.78 is 4.79. The Morgan fingerprint density at radius 2 is 2.12 bits per heavy atom. The van der Waals surface area contributed by atoms with Gasteiger partial charge in [0.1, 0.15) is 12.2 Å². The lowest BCUT2D eigenvalue weighted by Crippen LogP contribution is -2.09. The Hall–Kier alpha value is -2.44. The lowest BCUT2D eigenvalue weighted by Gasteiger charge is -2.03. The van der Waals surface area contributed by atoms with Crippen LogP contribution in [0.4, 0.5) is 5.69 Å². The van der Waals surface area contributed by atoms with Crippen LogP contribution in [-0.4, -0.2) is 28.9 Å². The van der Waals surface area contributed by atoms with E-state index in [1.807, 2.05) is 0 Å². The molecule has 17 heavy (non-hydrogen) atoms. The highest BCUT2D eigenvalue weighted by Gasteiger charge is 2.22. The maximum atomic E-state index is 11.5. The average Bonchev–Trinajstić information content (AvgIpc) is 2.27. The minimum atomic E-state index is -1.33. The van der Waals surface area contributed by atoms with Gasteiger partial charge in [-0.25, -0.2) is 0 Å². The molecule has 7 nitrogen and oxygen atoms in total. The van der Waals surface area contributed by atoms with Gasteiger partial charge in [0.15, 0.2) is 5.78 Å². The van der Waals surface area contributed by atoms with Gasteiger partial charge in [0.25, 0.3) is 5.69 Å².